The Morgan fingerprint density at radius 3 is 1.56 bits per heavy atom. The molecule has 0 spiro atoms. The van der Waals surface area contributed by atoms with Crippen molar-refractivity contribution in [3.05, 3.63) is 48.0 Å². The maximum Gasteiger partial charge on any atom is 0.101 e. The van der Waals surface area contributed by atoms with E-state index in [0.29, 0.717) is 0 Å². The molecule has 2 aromatic heterocycles. The van der Waals surface area contributed by atoms with Crippen LogP contribution in [0.3, 0.4) is 0 Å². The third-order valence-electron chi connectivity index (χ3n) is 1.79. The molecule has 0 aliphatic heterocycles. The van der Waals surface area contributed by atoms with Gasteiger partial charge in [-0.05, 0) is 56.1 Å². The number of nitrogens with zero attached hydrogens (tertiary/aromatic N) is 4. The van der Waals surface area contributed by atoms with E-state index >= 15 is 0 Å². The predicted molar refractivity (Wildman–Crippen MR) is 68.7 cm³/mol. The van der Waals surface area contributed by atoms with Crippen molar-refractivity contribution in [3.8, 4) is 0 Å². The first-order valence-electron chi connectivity index (χ1n) is 4.40. The van der Waals surface area contributed by atoms with Gasteiger partial charge in [0.15, 0.2) is 0 Å². The molecular formula is C10H6Br2N4. The summed E-state index contributed by atoms with van der Waals surface area (Å²) in [6.07, 6.45) is 3.25. The molecule has 0 atom stereocenters. The summed E-state index contributed by atoms with van der Waals surface area (Å²) in [7, 11) is 0. The van der Waals surface area contributed by atoms with E-state index in [9.17, 15) is 0 Å². The maximum absolute atomic E-state index is 3.99. The van der Waals surface area contributed by atoms with Crippen molar-refractivity contribution in [3.63, 3.8) is 0 Å². The molecule has 16 heavy (non-hydrogen) atoms. The van der Waals surface area contributed by atoms with Crippen molar-refractivity contribution in [1.82, 2.24) is 20.4 Å². The molecule has 0 radical (unpaired) electrons. The second kappa shape index (κ2) is 5.27. The molecule has 0 N–H and O–H groups in total. The largest absolute Gasteiger partial charge is 0.159 e. The van der Waals surface area contributed by atoms with E-state index in [4.69, 9.17) is 0 Å². The molecule has 6 heteroatoms. The average molecular weight is 342 g/mol. The topological polar surface area (TPSA) is 51.6 Å². The molecule has 0 amide bonds. The lowest BCUT2D eigenvalue weighted by atomic mass is 10.3. The minimum Gasteiger partial charge on any atom is -0.159 e. The normalized spacial score (nSPS) is 12.1. The number of hydrogen-bond acceptors (Lipinski definition) is 4. The lowest BCUT2D eigenvalue weighted by molar-refractivity contribution is 1.01. The zero-order valence-corrected chi connectivity index (χ0v) is 11.2. The van der Waals surface area contributed by atoms with E-state index in [2.05, 4.69) is 52.3 Å². The van der Waals surface area contributed by atoms with Gasteiger partial charge in [0.1, 0.15) is 11.4 Å². The molecule has 0 aromatic carbocycles. The molecule has 0 aliphatic rings. The fourth-order valence-electron chi connectivity index (χ4n) is 1.06. The zero-order chi connectivity index (χ0) is 11.4. The first-order chi connectivity index (χ1) is 7.79. The van der Waals surface area contributed by atoms with E-state index in [-0.39, 0.29) is 0 Å². The van der Waals surface area contributed by atoms with Gasteiger partial charge in [0.05, 0.1) is 8.96 Å². The summed E-state index contributed by atoms with van der Waals surface area (Å²) in [6, 6.07) is 7.35. The van der Waals surface area contributed by atoms with Crippen molar-refractivity contribution < 1.29 is 0 Å². The van der Waals surface area contributed by atoms with Gasteiger partial charge in [0.25, 0.3) is 0 Å². The number of aromatic nitrogens is 4. The van der Waals surface area contributed by atoms with Crippen LogP contribution in [0.4, 0.5) is 0 Å². The standard InChI is InChI=1S/C10H6Br2N4/c11-9(7-3-1-5-13-15-7)10(12)8-4-2-6-14-16-8/h1-6H. The predicted octanol–water partition coefficient (Wildman–Crippen LogP) is 2.88. The van der Waals surface area contributed by atoms with Gasteiger partial charge in [0, 0.05) is 12.4 Å². The van der Waals surface area contributed by atoms with E-state index in [1.54, 1.807) is 12.4 Å². The highest BCUT2D eigenvalue weighted by molar-refractivity contribution is 9.18. The third kappa shape index (κ3) is 2.51. The lowest BCUT2D eigenvalue weighted by Gasteiger charge is -2.01. The first-order valence-corrected chi connectivity index (χ1v) is 5.99. The van der Waals surface area contributed by atoms with Crippen molar-refractivity contribution in [2.75, 3.05) is 0 Å². The quantitative estimate of drug-likeness (QED) is 0.842. The molecule has 0 fully saturated rings. The van der Waals surface area contributed by atoms with E-state index in [1.165, 1.54) is 0 Å². The summed E-state index contributed by atoms with van der Waals surface area (Å²) in [5.74, 6) is 0. The molecule has 0 aliphatic carbocycles. The van der Waals surface area contributed by atoms with Gasteiger partial charge in [-0.2, -0.15) is 10.2 Å². The smallest absolute Gasteiger partial charge is 0.101 e. The van der Waals surface area contributed by atoms with Gasteiger partial charge in [-0.1, -0.05) is 0 Å². The Morgan fingerprint density at radius 2 is 1.25 bits per heavy atom. The fourth-order valence-corrected chi connectivity index (χ4v) is 1.89. The minimum atomic E-state index is 0.736. The summed E-state index contributed by atoms with van der Waals surface area (Å²) in [6.45, 7) is 0. The Hall–Kier alpha value is -1.14. The number of rotatable bonds is 2. The second-order valence-electron chi connectivity index (χ2n) is 2.85. The SMILES string of the molecule is BrC(=C(Br)c1cccnn1)c1cccnn1. The van der Waals surface area contributed by atoms with Gasteiger partial charge in [-0.3, -0.25) is 0 Å². The molecule has 80 valence electrons. The molecule has 0 bridgehead atoms. The minimum absolute atomic E-state index is 0.736. The van der Waals surface area contributed by atoms with Gasteiger partial charge in [-0.25, -0.2) is 0 Å². The van der Waals surface area contributed by atoms with Crippen LogP contribution in [0.5, 0.6) is 0 Å². The van der Waals surface area contributed by atoms with Crippen molar-refractivity contribution in [2.24, 2.45) is 0 Å². The fraction of sp³-hybridized carbons (Fsp3) is 0. The van der Waals surface area contributed by atoms with Crippen LogP contribution in [0.15, 0.2) is 36.7 Å². The maximum atomic E-state index is 3.99. The van der Waals surface area contributed by atoms with Crippen molar-refractivity contribution in [1.29, 1.82) is 0 Å². The summed E-state index contributed by atoms with van der Waals surface area (Å²) in [4.78, 5) is 0. The van der Waals surface area contributed by atoms with Crippen molar-refractivity contribution in [2.45, 2.75) is 0 Å². The highest BCUT2D eigenvalue weighted by atomic mass is 79.9. The lowest BCUT2D eigenvalue weighted by Crippen LogP contribution is -1.91. The van der Waals surface area contributed by atoms with Gasteiger partial charge in [-0.15, -0.1) is 10.2 Å². The summed E-state index contributed by atoms with van der Waals surface area (Å²) < 4.78 is 1.59. The van der Waals surface area contributed by atoms with Crippen LogP contribution in [0.25, 0.3) is 8.96 Å². The van der Waals surface area contributed by atoms with Crippen LogP contribution in [-0.2, 0) is 0 Å². The highest BCUT2D eigenvalue weighted by Gasteiger charge is 2.08. The molecular weight excluding hydrogens is 336 g/mol. The number of halogens is 2. The Balaban J connectivity index is 2.43. The Kier molecular flexibility index (Phi) is 3.74. The highest BCUT2D eigenvalue weighted by Crippen LogP contribution is 2.32. The van der Waals surface area contributed by atoms with Crippen LogP contribution in [0.1, 0.15) is 11.4 Å². The molecule has 0 saturated carbocycles. The molecule has 2 rings (SSSR count). The Morgan fingerprint density at radius 1 is 0.812 bits per heavy atom. The second-order valence-corrected chi connectivity index (χ2v) is 4.43. The van der Waals surface area contributed by atoms with Crippen molar-refractivity contribution >= 4 is 40.8 Å². The number of hydrogen-bond donors (Lipinski definition) is 0. The summed E-state index contributed by atoms with van der Waals surface area (Å²) >= 11 is 6.90. The van der Waals surface area contributed by atoms with Gasteiger partial charge in [0.2, 0.25) is 0 Å². The molecule has 0 unspecified atom stereocenters. The van der Waals surface area contributed by atoms with Crippen LogP contribution < -0.4 is 0 Å². The van der Waals surface area contributed by atoms with E-state index < -0.39 is 0 Å². The van der Waals surface area contributed by atoms with Crippen LogP contribution in [0, 0.1) is 0 Å². The zero-order valence-electron chi connectivity index (χ0n) is 8.01. The Bertz CT molecular complexity index is 451. The Labute approximate surface area is 109 Å². The summed E-state index contributed by atoms with van der Waals surface area (Å²) in [5, 5.41) is 15.6. The van der Waals surface area contributed by atoms with Crippen LogP contribution in [0.2, 0.25) is 0 Å². The van der Waals surface area contributed by atoms with Gasteiger partial charge >= 0.3 is 0 Å². The molecule has 4 nitrogen and oxygen atoms in total. The van der Waals surface area contributed by atoms with Gasteiger partial charge < -0.3 is 0 Å². The van der Waals surface area contributed by atoms with Crippen LogP contribution >= 0.6 is 31.9 Å². The summed E-state index contributed by atoms with van der Waals surface area (Å²) in [5.41, 5.74) is 1.47. The van der Waals surface area contributed by atoms with E-state index in [1.807, 2.05) is 24.3 Å². The van der Waals surface area contributed by atoms with E-state index in [0.717, 1.165) is 20.4 Å². The molecule has 0 saturated heterocycles. The third-order valence-corrected chi connectivity index (χ3v) is 3.92. The average Bonchev–Trinajstić information content (AvgIpc) is 2.39. The molecule has 2 aromatic rings. The molecule has 2 heterocycles. The monoisotopic (exact) mass is 340 g/mol. The first kappa shape index (κ1) is 11.3. The van der Waals surface area contributed by atoms with Crippen LogP contribution in [-0.4, -0.2) is 20.4 Å².